The second kappa shape index (κ2) is 27.1. The first kappa shape index (κ1) is 43.0. The smallest absolute Gasteiger partial charge is 0.122 e. The van der Waals surface area contributed by atoms with Crippen LogP contribution in [-0.4, -0.2) is 23.4 Å². The third kappa shape index (κ3) is 18.7. The number of phenolic OH excluding ortho intramolecular Hbond substituents is 2. The van der Waals surface area contributed by atoms with Crippen molar-refractivity contribution in [2.75, 3.05) is 13.2 Å². The van der Waals surface area contributed by atoms with E-state index in [2.05, 4.69) is 79.7 Å². The monoisotopic (exact) mass is 627 g/mol. The molecule has 0 aliphatic rings. The zero-order valence-corrected chi connectivity index (χ0v) is 31.5. The summed E-state index contributed by atoms with van der Waals surface area (Å²) >= 11 is 0. The van der Waals surface area contributed by atoms with Crippen LogP contribution < -0.4 is 0 Å². The van der Waals surface area contributed by atoms with Gasteiger partial charge in [-0.05, 0) is 100 Å². The molecule has 0 aliphatic carbocycles. The second-order valence-corrected chi connectivity index (χ2v) is 13.2. The predicted octanol–water partition coefficient (Wildman–Crippen LogP) is 13.3. The minimum absolute atomic E-state index is 0.443. The Morgan fingerprint density at radius 1 is 0.511 bits per heavy atom. The summed E-state index contributed by atoms with van der Waals surface area (Å²) < 4.78 is 4.83. The minimum atomic E-state index is 0.443. The van der Waals surface area contributed by atoms with Crippen LogP contribution in [0.2, 0.25) is 0 Å². The number of phenols is 2. The molecule has 0 spiro atoms. The predicted molar refractivity (Wildman–Crippen MR) is 199 cm³/mol. The van der Waals surface area contributed by atoms with E-state index in [0.717, 1.165) is 61.2 Å². The molecule has 0 aromatic heterocycles. The number of ether oxygens (including phenoxy) is 1. The van der Waals surface area contributed by atoms with Gasteiger partial charge in [-0.1, -0.05) is 141 Å². The van der Waals surface area contributed by atoms with Crippen molar-refractivity contribution in [3.05, 3.63) is 57.6 Å². The molecular weight excluding hydrogens is 552 g/mol. The molecule has 2 atom stereocenters. The Labute approximate surface area is 280 Å². The molecule has 0 bridgehead atoms. The lowest BCUT2D eigenvalue weighted by Crippen LogP contribution is -1.97. The highest BCUT2D eigenvalue weighted by Gasteiger charge is 2.14. The van der Waals surface area contributed by atoms with Crippen LogP contribution in [0.25, 0.3) is 0 Å². The first-order chi connectivity index (χ1) is 21.6. The van der Waals surface area contributed by atoms with Crippen molar-refractivity contribution in [3.63, 3.8) is 0 Å². The van der Waals surface area contributed by atoms with Crippen LogP contribution in [-0.2, 0) is 17.6 Å². The average molecular weight is 627 g/mol. The Balaban J connectivity index is 0.000000748. The zero-order chi connectivity index (χ0) is 34.0. The van der Waals surface area contributed by atoms with Crippen molar-refractivity contribution in [1.82, 2.24) is 0 Å². The third-order valence-electron chi connectivity index (χ3n) is 9.02. The van der Waals surface area contributed by atoms with E-state index in [4.69, 9.17) is 4.74 Å². The SMILES string of the molecule is CCCCCCCCc1cc(C)cc(C(C)CC)c1O.CCCCCCCCc1cc(C)cc(C(C)CC)c1O.CCOCC. The molecule has 0 aliphatic heterocycles. The molecule has 2 aromatic carbocycles. The van der Waals surface area contributed by atoms with Crippen molar-refractivity contribution in [1.29, 1.82) is 0 Å². The maximum absolute atomic E-state index is 10.5. The summed E-state index contributed by atoms with van der Waals surface area (Å²) in [7, 11) is 0. The van der Waals surface area contributed by atoms with Gasteiger partial charge in [0.15, 0.2) is 0 Å². The Morgan fingerprint density at radius 2 is 0.844 bits per heavy atom. The van der Waals surface area contributed by atoms with Crippen molar-refractivity contribution in [2.45, 2.75) is 184 Å². The number of unbranched alkanes of at least 4 members (excludes halogenated alkanes) is 10. The van der Waals surface area contributed by atoms with Gasteiger partial charge in [-0.3, -0.25) is 0 Å². The molecule has 0 amide bonds. The summed E-state index contributed by atoms with van der Waals surface area (Å²) in [6.07, 6.45) is 19.8. The van der Waals surface area contributed by atoms with Crippen LogP contribution in [0.4, 0.5) is 0 Å². The van der Waals surface area contributed by atoms with Gasteiger partial charge < -0.3 is 14.9 Å². The fraction of sp³-hybridized carbons (Fsp3) is 0.714. The highest BCUT2D eigenvalue weighted by atomic mass is 16.5. The number of aryl methyl sites for hydroxylation is 4. The Bertz CT molecular complexity index is 916. The molecule has 0 saturated carbocycles. The van der Waals surface area contributed by atoms with Crippen molar-refractivity contribution in [2.24, 2.45) is 0 Å². The van der Waals surface area contributed by atoms with Gasteiger partial charge in [-0.2, -0.15) is 0 Å². The molecular formula is C42H74O3. The van der Waals surface area contributed by atoms with Crippen LogP contribution in [0.3, 0.4) is 0 Å². The van der Waals surface area contributed by atoms with E-state index >= 15 is 0 Å². The molecule has 3 nitrogen and oxygen atoms in total. The van der Waals surface area contributed by atoms with Gasteiger partial charge in [0.1, 0.15) is 11.5 Å². The third-order valence-corrected chi connectivity index (χ3v) is 9.02. The quantitative estimate of drug-likeness (QED) is 0.144. The minimum Gasteiger partial charge on any atom is -0.507 e. The van der Waals surface area contributed by atoms with Crippen LogP contribution in [0.1, 0.15) is 190 Å². The fourth-order valence-corrected chi connectivity index (χ4v) is 5.74. The molecule has 3 heteroatoms. The van der Waals surface area contributed by atoms with E-state index in [1.54, 1.807) is 0 Å². The number of benzene rings is 2. The molecule has 0 heterocycles. The summed E-state index contributed by atoms with van der Waals surface area (Å²) in [4.78, 5) is 0. The molecule has 45 heavy (non-hydrogen) atoms. The largest absolute Gasteiger partial charge is 0.507 e. The topological polar surface area (TPSA) is 49.7 Å². The van der Waals surface area contributed by atoms with E-state index in [9.17, 15) is 10.2 Å². The fourth-order valence-electron chi connectivity index (χ4n) is 5.74. The molecule has 2 rings (SSSR count). The van der Waals surface area contributed by atoms with E-state index in [1.165, 1.54) is 88.2 Å². The normalized spacial score (nSPS) is 12.1. The molecule has 0 radical (unpaired) electrons. The Hall–Kier alpha value is -2.00. The van der Waals surface area contributed by atoms with Crippen molar-refractivity contribution < 1.29 is 14.9 Å². The van der Waals surface area contributed by atoms with Crippen LogP contribution in [0.15, 0.2) is 24.3 Å². The van der Waals surface area contributed by atoms with Gasteiger partial charge in [-0.25, -0.2) is 0 Å². The number of rotatable bonds is 20. The van der Waals surface area contributed by atoms with Gasteiger partial charge in [0.05, 0.1) is 0 Å². The Morgan fingerprint density at radius 3 is 1.13 bits per heavy atom. The maximum atomic E-state index is 10.5. The lowest BCUT2D eigenvalue weighted by Gasteiger charge is -2.16. The number of aromatic hydroxyl groups is 2. The number of hydrogen-bond acceptors (Lipinski definition) is 3. The lowest BCUT2D eigenvalue weighted by molar-refractivity contribution is 0.162. The van der Waals surface area contributed by atoms with Crippen LogP contribution >= 0.6 is 0 Å². The summed E-state index contributed by atoms with van der Waals surface area (Å²) in [5.41, 5.74) is 7.12. The average Bonchev–Trinajstić information content (AvgIpc) is 3.03. The molecule has 2 aromatic rings. The van der Waals surface area contributed by atoms with Gasteiger partial charge in [0.25, 0.3) is 0 Å². The first-order valence-electron chi connectivity index (χ1n) is 18.8. The van der Waals surface area contributed by atoms with E-state index < -0.39 is 0 Å². The van der Waals surface area contributed by atoms with Gasteiger partial charge in [0, 0.05) is 13.2 Å². The molecule has 2 unspecified atom stereocenters. The summed E-state index contributed by atoms with van der Waals surface area (Å²) in [6.45, 7) is 23.2. The highest BCUT2D eigenvalue weighted by Crippen LogP contribution is 2.34. The zero-order valence-electron chi connectivity index (χ0n) is 31.5. The van der Waals surface area contributed by atoms with E-state index in [0.29, 0.717) is 23.3 Å². The summed E-state index contributed by atoms with van der Waals surface area (Å²) in [6, 6.07) is 8.61. The van der Waals surface area contributed by atoms with Crippen molar-refractivity contribution in [3.8, 4) is 11.5 Å². The number of hydrogen-bond donors (Lipinski definition) is 2. The van der Waals surface area contributed by atoms with Crippen LogP contribution in [0, 0.1) is 13.8 Å². The lowest BCUT2D eigenvalue weighted by atomic mass is 9.92. The van der Waals surface area contributed by atoms with Crippen LogP contribution in [0.5, 0.6) is 11.5 Å². The van der Waals surface area contributed by atoms with E-state index in [1.807, 2.05) is 13.8 Å². The first-order valence-corrected chi connectivity index (χ1v) is 18.8. The molecule has 260 valence electrons. The Kier molecular flexibility index (Phi) is 25.9. The maximum Gasteiger partial charge on any atom is 0.122 e. The van der Waals surface area contributed by atoms with Gasteiger partial charge >= 0.3 is 0 Å². The molecule has 2 N–H and O–H groups in total. The molecule has 0 fully saturated rings. The van der Waals surface area contributed by atoms with Gasteiger partial charge in [0.2, 0.25) is 0 Å². The standard InChI is InChI=1S/2C19H32O.C4H10O/c2*1-5-7-8-9-10-11-12-17-13-15(3)14-18(19(17)20)16(4)6-2;1-3-5-4-2/h2*13-14,16,20H,5-12H2,1-4H3;3-4H2,1-2H3. The van der Waals surface area contributed by atoms with E-state index in [-0.39, 0.29) is 0 Å². The second-order valence-electron chi connectivity index (χ2n) is 13.2. The summed E-state index contributed by atoms with van der Waals surface area (Å²) in [5, 5.41) is 20.9. The molecule has 0 saturated heterocycles. The van der Waals surface area contributed by atoms with Gasteiger partial charge in [-0.15, -0.1) is 0 Å². The highest BCUT2D eigenvalue weighted by molar-refractivity contribution is 5.46. The summed E-state index contributed by atoms with van der Waals surface area (Å²) in [5.74, 6) is 1.99. The van der Waals surface area contributed by atoms with Crippen molar-refractivity contribution >= 4 is 0 Å².